The van der Waals surface area contributed by atoms with E-state index in [0.29, 0.717) is 24.1 Å². The van der Waals surface area contributed by atoms with E-state index in [1.54, 1.807) is 18.3 Å². The second-order valence-electron chi connectivity index (χ2n) is 5.10. The molecule has 1 fully saturated rings. The minimum atomic E-state index is 0.103. The van der Waals surface area contributed by atoms with Crippen LogP contribution >= 0.6 is 0 Å². The molecule has 4 heteroatoms. The van der Waals surface area contributed by atoms with Crippen molar-refractivity contribution in [1.29, 1.82) is 0 Å². The van der Waals surface area contributed by atoms with E-state index in [4.69, 9.17) is 5.73 Å². The molecule has 0 radical (unpaired) electrons. The number of aromatic nitrogens is 1. The highest BCUT2D eigenvalue weighted by molar-refractivity contribution is 5.94. The van der Waals surface area contributed by atoms with Crippen molar-refractivity contribution in [2.75, 3.05) is 6.54 Å². The Kier molecular flexibility index (Phi) is 3.97. The summed E-state index contributed by atoms with van der Waals surface area (Å²) in [5, 5.41) is 0. The fourth-order valence-electron chi connectivity index (χ4n) is 2.51. The molecule has 1 aromatic rings. The topological polar surface area (TPSA) is 59.2 Å². The number of hydrogen-bond donors (Lipinski definition) is 1. The molecular weight excluding hydrogens is 226 g/mol. The van der Waals surface area contributed by atoms with Crippen molar-refractivity contribution >= 4 is 5.91 Å². The third-order valence-corrected chi connectivity index (χ3v) is 3.91. The number of piperidine rings is 1. The molecule has 1 aromatic heterocycles. The molecule has 0 aliphatic carbocycles. The molecule has 0 spiro atoms. The van der Waals surface area contributed by atoms with Crippen molar-refractivity contribution < 1.29 is 4.79 Å². The lowest BCUT2D eigenvalue weighted by Gasteiger charge is -2.38. The third kappa shape index (κ3) is 2.53. The number of nitrogens with zero attached hydrogens (tertiary/aromatic N) is 2. The summed E-state index contributed by atoms with van der Waals surface area (Å²) >= 11 is 0. The first-order valence-electron chi connectivity index (χ1n) is 6.59. The number of rotatable bonds is 2. The summed E-state index contributed by atoms with van der Waals surface area (Å²) in [5.41, 5.74) is 7.02. The van der Waals surface area contributed by atoms with Crippen molar-refractivity contribution in [3.63, 3.8) is 0 Å². The summed E-state index contributed by atoms with van der Waals surface area (Å²) in [5.74, 6) is 0.671. The Morgan fingerprint density at radius 3 is 3.06 bits per heavy atom. The maximum absolute atomic E-state index is 12.5. The number of pyridine rings is 1. The minimum Gasteiger partial charge on any atom is -0.336 e. The van der Waals surface area contributed by atoms with Gasteiger partial charge in [0.25, 0.3) is 5.91 Å². The van der Waals surface area contributed by atoms with Crippen LogP contribution in [-0.4, -0.2) is 28.4 Å². The van der Waals surface area contributed by atoms with E-state index in [9.17, 15) is 4.79 Å². The zero-order valence-electron chi connectivity index (χ0n) is 11.1. The summed E-state index contributed by atoms with van der Waals surface area (Å²) in [7, 11) is 0. The quantitative estimate of drug-likeness (QED) is 0.867. The number of amides is 1. The normalized spacial score (nSPS) is 24.1. The van der Waals surface area contributed by atoms with Crippen LogP contribution in [0.1, 0.15) is 42.7 Å². The first-order valence-corrected chi connectivity index (χ1v) is 6.59. The lowest BCUT2D eigenvalue weighted by molar-refractivity contribution is 0.0551. The number of hydrogen-bond acceptors (Lipinski definition) is 3. The molecule has 2 unspecified atom stereocenters. The van der Waals surface area contributed by atoms with Crippen LogP contribution in [0.3, 0.4) is 0 Å². The summed E-state index contributed by atoms with van der Waals surface area (Å²) < 4.78 is 0. The fraction of sp³-hybridized carbons (Fsp3) is 0.571. The Labute approximate surface area is 108 Å². The van der Waals surface area contributed by atoms with Gasteiger partial charge in [0.05, 0.1) is 5.69 Å². The molecule has 2 rings (SSSR count). The van der Waals surface area contributed by atoms with Gasteiger partial charge in [-0.1, -0.05) is 6.92 Å². The van der Waals surface area contributed by atoms with E-state index in [0.717, 1.165) is 18.7 Å². The van der Waals surface area contributed by atoms with Gasteiger partial charge in [0.15, 0.2) is 0 Å². The van der Waals surface area contributed by atoms with Gasteiger partial charge in [-0.15, -0.1) is 0 Å². The molecule has 1 saturated heterocycles. The average Bonchev–Trinajstić information content (AvgIpc) is 2.41. The van der Waals surface area contributed by atoms with Gasteiger partial charge in [-0.3, -0.25) is 9.78 Å². The Morgan fingerprint density at radius 2 is 2.33 bits per heavy atom. The van der Waals surface area contributed by atoms with Crippen LogP contribution in [0.15, 0.2) is 18.3 Å². The van der Waals surface area contributed by atoms with Gasteiger partial charge in [0.1, 0.15) is 0 Å². The largest absolute Gasteiger partial charge is 0.336 e. The zero-order valence-corrected chi connectivity index (χ0v) is 11.1. The molecule has 0 aromatic carbocycles. The maximum atomic E-state index is 12.5. The standard InChI is InChI=1S/C14H21N3O/c1-10-4-3-7-17(11(10)2)14(18)12-5-6-16-13(8-12)9-15/h5-6,8,10-11H,3-4,7,9,15H2,1-2H3. The molecule has 98 valence electrons. The number of likely N-dealkylation sites (tertiary alicyclic amines) is 1. The van der Waals surface area contributed by atoms with Crippen LogP contribution in [0, 0.1) is 5.92 Å². The molecule has 2 N–H and O–H groups in total. The summed E-state index contributed by atoms with van der Waals surface area (Å²) in [4.78, 5) is 18.6. The zero-order chi connectivity index (χ0) is 13.1. The van der Waals surface area contributed by atoms with Crippen LogP contribution < -0.4 is 5.73 Å². The van der Waals surface area contributed by atoms with Gasteiger partial charge >= 0.3 is 0 Å². The van der Waals surface area contributed by atoms with E-state index in [2.05, 4.69) is 18.8 Å². The molecule has 1 aliphatic rings. The number of carbonyl (C=O) groups is 1. The number of nitrogens with two attached hydrogens (primary N) is 1. The molecule has 0 bridgehead atoms. The second kappa shape index (κ2) is 5.48. The van der Waals surface area contributed by atoms with E-state index in [1.165, 1.54) is 6.42 Å². The van der Waals surface area contributed by atoms with Crippen molar-refractivity contribution in [3.8, 4) is 0 Å². The van der Waals surface area contributed by atoms with Crippen molar-refractivity contribution in [3.05, 3.63) is 29.6 Å². The van der Waals surface area contributed by atoms with Crippen LogP contribution in [0.4, 0.5) is 0 Å². The molecule has 2 heterocycles. The molecule has 1 amide bonds. The highest BCUT2D eigenvalue weighted by Crippen LogP contribution is 2.24. The maximum Gasteiger partial charge on any atom is 0.254 e. The summed E-state index contributed by atoms with van der Waals surface area (Å²) in [6.07, 6.45) is 3.95. The monoisotopic (exact) mass is 247 g/mol. The fourth-order valence-corrected chi connectivity index (χ4v) is 2.51. The highest BCUT2D eigenvalue weighted by Gasteiger charge is 2.28. The van der Waals surface area contributed by atoms with Gasteiger partial charge in [0.2, 0.25) is 0 Å². The Bertz CT molecular complexity index is 433. The first-order chi connectivity index (χ1) is 8.63. The van der Waals surface area contributed by atoms with Crippen LogP contribution in [-0.2, 0) is 6.54 Å². The minimum absolute atomic E-state index is 0.103. The number of carbonyl (C=O) groups excluding carboxylic acids is 1. The molecular formula is C14H21N3O. The van der Waals surface area contributed by atoms with E-state index in [-0.39, 0.29) is 5.91 Å². The molecule has 18 heavy (non-hydrogen) atoms. The lowest BCUT2D eigenvalue weighted by Crippen LogP contribution is -2.46. The van der Waals surface area contributed by atoms with Crippen molar-refractivity contribution in [1.82, 2.24) is 9.88 Å². The van der Waals surface area contributed by atoms with Crippen LogP contribution in [0.25, 0.3) is 0 Å². The van der Waals surface area contributed by atoms with Crippen LogP contribution in [0.2, 0.25) is 0 Å². The summed E-state index contributed by atoms with van der Waals surface area (Å²) in [6.45, 7) is 5.56. The smallest absolute Gasteiger partial charge is 0.254 e. The predicted octanol–water partition coefficient (Wildman–Crippen LogP) is 1.80. The molecule has 1 aliphatic heterocycles. The van der Waals surface area contributed by atoms with Crippen LogP contribution in [0.5, 0.6) is 0 Å². The van der Waals surface area contributed by atoms with Gasteiger partial charge in [-0.2, -0.15) is 0 Å². The second-order valence-corrected chi connectivity index (χ2v) is 5.10. The average molecular weight is 247 g/mol. The Morgan fingerprint density at radius 1 is 1.56 bits per heavy atom. The lowest BCUT2D eigenvalue weighted by atomic mass is 9.91. The van der Waals surface area contributed by atoms with Gasteiger partial charge in [-0.05, 0) is 37.8 Å². The van der Waals surface area contributed by atoms with Gasteiger partial charge < -0.3 is 10.6 Å². The Balaban J connectivity index is 2.19. The third-order valence-electron chi connectivity index (χ3n) is 3.91. The predicted molar refractivity (Wildman–Crippen MR) is 71.0 cm³/mol. The molecule has 4 nitrogen and oxygen atoms in total. The van der Waals surface area contributed by atoms with E-state index >= 15 is 0 Å². The van der Waals surface area contributed by atoms with E-state index in [1.807, 2.05) is 4.90 Å². The van der Waals surface area contributed by atoms with Crippen molar-refractivity contribution in [2.45, 2.75) is 39.3 Å². The van der Waals surface area contributed by atoms with Gasteiger partial charge in [-0.25, -0.2) is 0 Å². The highest BCUT2D eigenvalue weighted by atomic mass is 16.2. The molecule has 2 atom stereocenters. The van der Waals surface area contributed by atoms with Gasteiger partial charge in [0, 0.05) is 30.9 Å². The van der Waals surface area contributed by atoms with E-state index < -0.39 is 0 Å². The summed E-state index contributed by atoms with van der Waals surface area (Å²) in [6, 6.07) is 3.88. The Hall–Kier alpha value is -1.42. The molecule has 0 saturated carbocycles. The first kappa shape index (κ1) is 13.0. The SMILES string of the molecule is CC1CCCN(C(=O)c2ccnc(CN)c2)C1C. The van der Waals surface area contributed by atoms with Crippen molar-refractivity contribution in [2.24, 2.45) is 11.7 Å².